The lowest BCUT2D eigenvalue weighted by Crippen LogP contribution is -2.05. The molecule has 1 fully saturated rings. The fourth-order valence-corrected chi connectivity index (χ4v) is 0.994. The molecular formula is C7H12O2S. The Bertz CT molecular complexity index is 102. The normalized spacial score (nSPS) is 22.2. The van der Waals surface area contributed by atoms with E-state index in [4.69, 9.17) is 9.47 Å². The van der Waals surface area contributed by atoms with Crippen molar-refractivity contribution in [2.45, 2.75) is 5.25 Å². The molecule has 0 aromatic rings. The Kier molecular flexibility index (Phi) is 3.68. The van der Waals surface area contributed by atoms with E-state index in [0.29, 0.717) is 13.2 Å². The molecule has 0 bridgehead atoms. The van der Waals surface area contributed by atoms with Crippen molar-refractivity contribution in [1.29, 1.82) is 0 Å². The fourth-order valence-electron chi connectivity index (χ4n) is 0.569. The maximum atomic E-state index is 5.27. The van der Waals surface area contributed by atoms with Crippen LogP contribution in [0.1, 0.15) is 0 Å². The number of rotatable bonds is 6. The van der Waals surface area contributed by atoms with Crippen LogP contribution in [-0.4, -0.2) is 30.8 Å². The standard InChI is InChI=1S/C7H12O2S/c1-2-8-3-4-9-5-7-6-10-7/h2,7H,1,3-6H2. The summed E-state index contributed by atoms with van der Waals surface area (Å²) in [6, 6.07) is 0. The summed E-state index contributed by atoms with van der Waals surface area (Å²) in [6.07, 6.45) is 1.44. The summed E-state index contributed by atoms with van der Waals surface area (Å²) in [5, 5.41) is 0.767. The van der Waals surface area contributed by atoms with Gasteiger partial charge in [-0.1, -0.05) is 6.58 Å². The largest absolute Gasteiger partial charge is 0.499 e. The number of thioether (sulfide) groups is 1. The van der Waals surface area contributed by atoms with Gasteiger partial charge in [-0.3, -0.25) is 0 Å². The first kappa shape index (κ1) is 7.95. The van der Waals surface area contributed by atoms with Gasteiger partial charge < -0.3 is 9.47 Å². The van der Waals surface area contributed by atoms with Gasteiger partial charge in [0.05, 0.1) is 19.5 Å². The van der Waals surface area contributed by atoms with Gasteiger partial charge in [0.15, 0.2) is 0 Å². The molecule has 0 N–H and O–H groups in total. The minimum absolute atomic E-state index is 0.626. The molecular weight excluding hydrogens is 148 g/mol. The van der Waals surface area contributed by atoms with Gasteiger partial charge >= 0.3 is 0 Å². The highest BCUT2D eigenvalue weighted by molar-refractivity contribution is 8.06. The maximum absolute atomic E-state index is 5.27. The Morgan fingerprint density at radius 3 is 3.00 bits per heavy atom. The molecule has 1 aliphatic heterocycles. The van der Waals surface area contributed by atoms with Gasteiger partial charge in [0.2, 0.25) is 0 Å². The molecule has 0 amide bonds. The lowest BCUT2D eigenvalue weighted by Gasteiger charge is -2.00. The minimum Gasteiger partial charge on any atom is -0.499 e. The summed E-state index contributed by atoms with van der Waals surface area (Å²) in [7, 11) is 0. The molecule has 2 nitrogen and oxygen atoms in total. The first-order valence-electron chi connectivity index (χ1n) is 3.35. The second-order valence-corrected chi connectivity index (χ2v) is 3.40. The summed E-state index contributed by atoms with van der Waals surface area (Å²) >= 11 is 1.95. The molecule has 1 aliphatic rings. The molecule has 1 saturated heterocycles. The zero-order valence-corrected chi connectivity index (χ0v) is 6.73. The molecule has 3 heteroatoms. The molecule has 10 heavy (non-hydrogen) atoms. The Balaban J connectivity index is 1.72. The van der Waals surface area contributed by atoms with E-state index < -0.39 is 0 Å². The molecule has 0 aromatic carbocycles. The van der Waals surface area contributed by atoms with E-state index in [1.807, 2.05) is 11.8 Å². The molecule has 0 aliphatic carbocycles. The number of hydrogen-bond donors (Lipinski definition) is 0. The van der Waals surface area contributed by atoms with Crippen LogP contribution in [0.25, 0.3) is 0 Å². The lowest BCUT2D eigenvalue weighted by molar-refractivity contribution is 0.0901. The van der Waals surface area contributed by atoms with Crippen LogP contribution >= 0.6 is 11.8 Å². The van der Waals surface area contributed by atoms with Gasteiger partial charge in [0, 0.05) is 11.0 Å². The van der Waals surface area contributed by atoms with Crippen molar-refractivity contribution in [3.05, 3.63) is 12.8 Å². The highest BCUT2D eigenvalue weighted by Gasteiger charge is 2.21. The first-order valence-corrected chi connectivity index (χ1v) is 4.40. The van der Waals surface area contributed by atoms with Crippen LogP contribution in [0, 0.1) is 0 Å². The maximum Gasteiger partial charge on any atom is 0.111 e. The molecule has 1 atom stereocenters. The summed E-state index contributed by atoms with van der Waals surface area (Å²) < 4.78 is 10.1. The van der Waals surface area contributed by atoms with E-state index >= 15 is 0 Å². The van der Waals surface area contributed by atoms with Crippen LogP contribution in [0.2, 0.25) is 0 Å². The molecule has 0 saturated carbocycles. The Hall–Kier alpha value is -0.150. The van der Waals surface area contributed by atoms with Crippen LogP contribution in [-0.2, 0) is 9.47 Å². The van der Waals surface area contributed by atoms with Gasteiger partial charge in [0.1, 0.15) is 6.61 Å². The molecule has 1 rings (SSSR count). The van der Waals surface area contributed by atoms with Crippen LogP contribution in [0.3, 0.4) is 0 Å². The van der Waals surface area contributed by atoms with Crippen molar-refractivity contribution < 1.29 is 9.47 Å². The zero-order chi connectivity index (χ0) is 7.23. The molecule has 0 spiro atoms. The smallest absolute Gasteiger partial charge is 0.111 e. The van der Waals surface area contributed by atoms with Crippen LogP contribution < -0.4 is 0 Å². The van der Waals surface area contributed by atoms with E-state index in [1.165, 1.54) is 12.0 Å². The molecule has 1 heterocycles. The Morgan fingerprint density at radius 1 is 1.60 bits per heavy atom. The van der Waals surface area contributed by atoms with Gasteiger partial charge in [-0.25, -0.2) is 0 Å². The monoisotopic (exact) mass is 160 g/mol. The predicted molar refractivity (Wildman–Crippen MR) is 43.2 cm³/mol. The van der Waals surface area contributed by atoms with E-state index in [-0.39, 0.29) is 0 Å². The van der Waals surface area contributed by atoms with Gasteiger partial charge in [0.25, 0.3) is 0 Å². The third kappa shape index (κ3) is 3.80. The average molecular weight is 160 g/mol. The predicted octanol–water partition coefficient (Wildman–Crippen LogP) is 1.28. The average Bonchev–Trinajstić information content (AvgIpc) is 2.71. The molecule has 1 unspecified atom stereocenters. The van der Waals surface area contributed by atoms with E-state index in [9.17, 15) is 0 Å². The van der Waals surface area contributed by atoms with Crippen molar-refractivity contribution in [2.75, 3.05) is 25.6 Å². The highest BCUT2D eigenvalue weighted by atomic mass is 32.2. The van der Waals surface area contributed by atoms with Gasteiger partial charge in [-0.15, -0.1) is 0 Å². The van der Waals surface area contributed by atoms with Crippen LogP contribution in [0.4, 0.5) is 0 Å². The molecule has 0 aromatic heterocycles. The quantitative estimate of drug-likeness (QED) is 0.331. The van der Waals surface area contributed by atoms with E-state index in [0.717, 1.165) is 11.9 Å². The molecule has 58 valence electrons. The molecule has 0 radical (unpaired) electrons. The third-order valence-corrected chi connectivity index (χ3v) is 2.11. The lowest BCUT2D eigenvalue weighted by atomic mass is 10.5. The zero-order valence-electron chi connectivity index (χ0n) is 5.91. The first-order chi connectivity index (χ1) is 4.93. The van der Waals surface area contributed by atoms with E-state index in [1.54, 1.807) is 0 Å². The van der Waals surface area contributed by atoms with Crippen LogP contribution in [0.15, 0.2) is 12.8 Å². The van der Waals surface area contributed by atoms with Crippen LogP contribution in [0.5, 0.6) is 0 Å². The van der Waals surface area contributed by atoms with Gasteiger partial charge in [-0.05, 0) is 0 Å². The Morgan fingerprint density at radius 2 is 2.40 bits per heavy atom. The Labute approximate surface area is 65.6 Å². The minimum atomic E-state index is 0.626. The van der Waals surface area contributed by atoms with Crippen molar-refractivity contribution in [3.63, 3.8) is 0 Å². The van der Waals surface area contributed by atoms with Crippen molar-refractivity contribution in [3.8, 4) is 0 Å². The number of hydrogen-bond acceptors (Lipinski definition) is 3. The van der Waals surface area contributed by atoms with E-state index in [2.05, 4.69) is 6.58 Å². The summed E-state index contributed by atoms with van der Waals surface area (Å²) in [5.41, 5.74) is 0. The topological polar surface area (TPSA) is 18.5 Å². The fraction of sp³-hybridized carbons (Fsp3) is 0.714. The number of ether oxygens (including phenoxy) is 2. The van der Waals surface area contributed by atoms with Gasteiger partial charge in [-0.2, -0.15) is 11.8 Å². The SMILES string of the molecule is C=COCCOCC1CS1. The second kappa shape index (κ2) is 4.63. The second-order valence-electron chi connectivity index (χ2n) is 2.07. The van der Waals surface area contributed by atoms with Crippen molar-refractivity contribution in [2.24, 2.45) is 0 Å². The van der Waals surface area contributed by atoms with Crippen molar-refractivity contribution >= 4 is 11.8 Å². The highest BCUT2D eigenvalue weighted by Crippen LogP contribution is 2.29. The summed E-state index contributed by atoms with van der Waals surface area (Å²) in [4.78, 5) is 0. The summed E-state index contributed by atoms with van der Waals surface area (Å²) in [6.45, 7) is 5.61. The van der Waals surface area contributed by atoms with Crippen molar-refractivity contribution in [1.82, 2.24) is 0 Å². The summed E-state index contributed by atoms with van der Waals surface area (Å²) in [5.74, 6) is 1.27. The third-order valence-electron chi connectivity index (χ3n) is 1.17.